The molecule has 1 aliphatic heterocycles. The topological polar surface area (TPSA) is 60.9 Å². The van der Waals surface area contributed by atoms with E-state index in [2.05, 4.69) is 6.07 Å². The molecule has 0 saturated carbocycles. The van der Waals surface area contributed by atoms with Crippen LogP contribution in [0.15, 0.2) is 24.3 Å². The van der Waals surface area contributed by atoms with E-state index in [9.17, 15) is 9.59 Å². The van der Waals surface area contributed by atoms with Gasteiger partial charge in [0.05, 0.1) is 6.42 Å². The molecule has 0 bridgehead atoms. The molecular weight excluding hydrogens is 268 g/mol. The van der Waals surface area contributed by atoms with Crippen molar-refractivity contribution >= 4 is 12.0 Å². The largest absolute Gasteiger partial charge is 0.481 e. The Balaban J connectivity index is 2.06. The van der Waals surface area contributed by atoms with Gasteiger partial charge in [0, 0.05) is 25.7 Å². The number of rotatable bonds is 4. The van der Waals surface area contributed by atoms with Crippen LogP contribution in [-0.2, 0) is 17.8 Å². The number of carboxylic acids is 1. The Morgan fingerprint density at radius 1 is 1.29 bits per heavy atom. The predicted molar refractivity (Wildman–Crippen MR) is 80.0 cm³/mol. The molecule has 114 valence electrons. The van der Waals surface area contributed by atoms with Crippen LogP contribution in [-0.4, -0.2) is 46.0 Å². The molecule has 0 atom stereocenters. The number of aliphatic carboxylic acids is 1. The minimum Gasteiger partial charge on any atom is -0.481 e. The van der Waals surface area contributed by atoms with Gasteiger partial charge in [0.15, 0.2) is 0 Å². The van der Waals surface area contributed by atoms with Gasteiger partial charge in [-0.1, -0.05) is 24.3 Å². The van der Waals surface area contributed by atoms with E-state index in [1.54, 1.807) is 4.90 Å². The van der Waals surface area contributed by atoms with Crippen molar-refractivity contribution in [1.82, 2.24) is 9.80 Å². The quantitative estimate of drug-likeness (QED) is 0.926. The zero-order chi connectivity index (χ0) is 15.4. The van der Waals surface area contributed by atoms with Gasteiger partial charge < -0.3 is 14.9 Å². The number of urea groups is 1. The van der Waals surface area contributed by atoms with E-state index in [4.69, 9.17) is 5.11 Å². The van der Waals surface area contributed by atoms with E-state index in [1.807, 2.05) is 36.9 Å². The number of nitrogens with zero attached hydrogens (tertiary/aromatic N) is 2. The maximum Gasteiger partial charge on any atom is 0.320 e. The minimum absolute atomic E-state index is 0.00554. The van der Waals surface area contributed by atoms with E-state index in [-0.39, 0.29) is 25.0 Å². The highest BCUT2D eigenvalue weighted by Crippen LogP contribution is 2.20. The molecule has 2 amide bonds. The first-order valence-corrected chi connectivity index (χ1v) is 7.33. The Kier molecular flexibility index (Phi) is 4.83. The lowest BCUT2D eigenvalue weighted by Gasteiger charge is -2.35. The van der Waals surface area contributed by atoms with Crippen molar-refractivity contribution in [2.75, 3.05) is 13.1 Å². The van der Waals surface area contributed by atoms with Gasteiger partial charge in [0.25, 0.3) is 0 Å². The summed E-state index contributed by atoms with van der Waals surface area (Å²) in [6, 6.07) is 8.07. The SMILES string of the molecule is CC(C)N(CCC(=O)O)C(=O)N1CCc2ccccc2C1. The lowest BCUT2D eigenvalue weighted by Crippen LogP contribution is -2.48. The molecule has 1 heterocycles. The van der Waals surface area contributed by atoms with Crippen molar-refractivity contribution in [2.45, 2.75) is 39.3 Å². The number of amides is 2. The van der Waals surface area contributed by atoms with Crippen LogP contribution in [0.1, 0.15) is 31.4 Å². The second-order valence-corrected chi connectivity index (χ2v) is 5.65. The Labute approximate surface area is 125 Å². The summed E-state index contributed by atoms with van der Waals surface area (Å²) < 4.78 is 0. The summed E-state index contributed by atoms with van der Waals surface area (Å²) in [5.74, 6) is -0.877. The van der Waals surface area contributed by atoms with E-state index < -0.39 is 5.97 Å². The molecule has 1 aromatic carbocycles. The molecule has 5 nitrogen and oxygen atoms in total. The van der Waals surface area contributed by atoms with Crippen LogP contribution in [0, 0.1) is 0 Å². The van der Waals surface area contributed by atoms with Gasteiger partial charge in [-0.3, -0.25) is 4.79 Å². The van der Waals surface area contributed by atoms with Gasteiger partial charge in [0.2, 0.25) is 0 Å². The third kappa shape index (κ3) is 3.74. The van der Waals surface area contributed by atoms with Gasteiger partial charge in [0.1, 0.15) is 0 Å². The predicted octanol–water partition coefficient (Wildman–Crippen LogP) is 2.35. The maximum absolute atomic E-state index is 12.6. The average molecular weight is 290 g/mol. The molecular formula is C16H22N2O3. The smallest absolute Gasteiger partial charge is 0.320 e. The monoisotopic (exact) mass is 290 g/mol. The van der Waals surface area contributed by atoms with Gasteiger partial charge >= 0.3 is 12.0 Å². The van der Waals surface area contributed by atoms with Crippen LogP contribution < -0.4 is 0 Å². The molecule has 21 heavy (non-hydrogen) atoms. The summed E-state index contributed by atoms with van der Waals surface area (Å²) in [5.41, 5.74) is 2.47. The zero-order valence-corrected chi connectivity index (χ0v) is 12.6. The number of carbonyl (C=O) groups excluding carboxylic acids is 1. The first kappa shape index (κ1) is 15.4. The number of hydrogen-bond donors (Lipinski definition) is 1. The van der Waals surface area contributed by atoms with Crippen molar-refractivity contribution in [3.05, 3.63) is 35.4 Å². The molecule has 1 N–H and O–H groups in total. The highest BCUT2D eigenvalue weighted by molar-refractivity contribution is 5.76. The molecule has 0 fully saturated rings. The van der Waals surface area contributed by atoms with Crippen molar-refractivity contribution < 1.29 is 14.7 Å². The third-order valence-corrected chi connectivity index (χ3v) is 3.84. The van der Waals surface area contributed by atoms with E-state index >= 15 is 0 Å². The van der Waals surface area contributed by atoms with Crippen molar-refractivity contribution in [3.63, 3.8) is 0 Å². The lowest BCUT2D eigenvalue weighted by molar-refractivity contribution is -0.137. The lowest BCUT2D eigenvalue weighted by atomic mass is 10.0. The third-order valence-electron chi connectivity index (χ3n) is 3.84. The van der Waals surface area contributed by atoms with Crippen molar-refractivity contribution in [3.8, 4) is 0 Å². The fraction of sp³-hybridized carbons (Fsp3) is 0.500. The number of benzene rings is 1. The van der Waals surface area contributed by atoms with Gasteiger partial charge in [-0.05, 0) is 31.4 Å². The molecule has 0 saturated heterocycles. The average Bonchev–Trinajstić information content (AvgIpc) is 2.46. The van der Waals surface area contributed by atoms with Crippen LogP contribution in [0.3, 0.4) is 0 Å². The van der Waals surface area contributed by atoms with Crippen LogP contribution in [0.4, 0.5) is 4.79 Å². The second-order valence-electron chi connectivity index (χ2n) is 5.65. The highest BCUT2D eigenvalue weighted by atomic mass is 16.4. The summed E-state index contributed by atoms with van der Waals surface area (Å²) in [4.78, 5) is 26.8. The van der Waals surface area contributed by atoms with Crippen LogP contribution in [0.25, 0.3) is 0 Å². The van der Waals surface area contributed by atoms with Gasteiger partial charge in [-0.15, -0.1) is 0 Å². The maximum atomic E-state index is 12.6. The first-order valence-electron chi connectivity index (χ1n) is 7.33. The van der Waals surface area contributed by atoms with Gasteiger partial charge in [-0.2, -0.15) is 0 Å². The highest BCUT2D eigenvalue weighted by Gasteiger charge is 2.26. The minimum atomic E-state index is -0.877. The fourth-order valence-electron chi connectivity index (χ4n) is 2.63. The number of hydrogen-bond acceptors (Lipinski definition) is 2. The Morgan fingerprint density at radius 3 is 2.57 bits per heavy atom. The second kappa shape index (κ2) is 6.61. The number of fused-ring (bicyclic) bond motifs is 1. The fourth-order valence-corrected chi connectivity index (χ4v) is 2.63. The Bertz CT molecular complexity index is 528. The molecule has 2 rings (SSSR count). The van der Waals surface area contributed by atoms with Crippen molar-refractivity contribution in [1.29, 1.82) is 0 Å². The normalized spacial score (nSPS) is 14.0. The molecule has 0 aromatic heterocycles. The molecule has 0 unspecified atom stereocenters. The van der Waals surface area contributed by atoms with Gasteiger partial charge in [-0.25, -0.2) is 4.79 Å². The zero-order valence-electron chi connectivity index (χ0n) is 12.6. The van der Waals surface area contributed by atoms with E-state index in [1.165, 1.54) is 11.1 Å². The summed E-state index contributed by atoms with van der Waals surface area (Å²) in [5, 5.41) is 8.81. The molecule has 5 heteroatoms. The molecule has 1 aromatic rings. The summed E-state index contributed by atoms with van der Waals surface area (Å²) >= 11 is 0. The van der Waals surface area contributed by atoms with E-state index in [0.717, 1.165) is 6.42 Å². The summed E-state index contributed by atoms with van der Waals surface area (Å²) in [6.07, 6.45) is 0.834. The van der Waals surface area contributed by atoms with Crippen molar-refractivity contribution in [2.24, 2.45) is 0 Å². The molecule has 0 radical (unpaired) electrons. The molecule has 1 aliphatic rings. The van der Waals surface area contributed by atoms with E-state index in [0.29, 0.717) is 13.1 Å². The standard InChI is InChI=1S/C16H22N2O3/c1-12(2)18(10-8-15(19)20)16(21)17-9-7-13-5-3-4-6-14(13)11-17/h3-6,12H,7-11H2,1-2H3,(H,19,20). The summed E-state index contributed by atoms with van der Waals surface area (Å²) in [6.45, 7) is 5.37. The van der Waals surface area contributed by atoms with Crippen LogP contribution in [0.5, 0.6) is 0 Å². The Morgan fingerprint density at radius 2 is 1.95 bits per heavy atom. The first-order chi connectivity index (χ1) is 9.99. The van der Waals surface area contributed by atoms with Crippen LogP contribution in [0.2, 0.25) is 0 Å². The number of carbonyl (C=O) groups is 2. The number of carboxylic acid groups (broad SMARTS) is 1. The van der Waals surface area contributed by atoms with Crippen LogP contribution >= 0.6 is 0 Å². The molecule has 0 spiro atoms. The molecule has 0 aliphatic carbocycles. The summed E-state index contributed by atoms with van der Waals surface area (Å²) in [7, 11) is 0. The Hall–Kier alpha value is -2.04.